The van der Waals surface area contributed by atoms with Crippen LogP contribution in [0.3, 0.4) is 0 Å². The fourth-order valence-corrected chi connectivity index (χ4v) is 2.85. The summed E-state index contributed by atoms with van der Waals surface area (Å²) in [5.74, 6) is 0. The SMILES string of the molecule is Cc1cnc(Sc2ccc(Br)cc2CNC(C)C)nc1. The molecule has 2 rings (SSSR count). The average molecular weight is 352 g/mol. The van der Waals surface area contributed by atoms with E-state index in [9.17, 15) is 0 Å². The number of aryl methyl sites for hydroxylation is 1. The van der Waals surface area contributed by atoms with E-state index in [4.69, 9.17) is 0 Å². The minimum Gasteiger partial charge on any atom is -0.310 e. The van der Waals surface area contributed by atoms with E-state index in [-0.39, 0.29) is 0 Å². The van der Waals surface area contributed by atoms with Gasteiger partial charge in [-0.25, -0.2) is 9.97 Å². The molecule has 1 aromatic heterocycles. The normalized spacial score (nSPS) is 11.1. The molecular formula is C15H18BrN3S. The standard InChI is InChI=1S/C15H18BrN3S/c1-10(2)17-9-12-6-13(16)4-5-14(12)20-15-18-7-11(3)8-19-15/h4-8,10,17H,9H2,1-3H3. The van der Waals surface area contributed by atoms with Crippen molar-refractivity contribution in [1.82, 2.24) is 15.3 Å². The fourth-order valence-electron chi connectivity index (χ4n) is 1.63. The van der Waals surface area contributed by atoms with Gasteiger partial charge >= 0.3 is 0 Å². The van der Waals surface area contributed by atoms with Gasteiger partial charge in [0.25, 0.3) is 0 Å². The monoisotopic (exact) mass is 351 g/mol. The Hall–Kier alpha value is -0.910. The van der Waals surface area contributed by atoms with Gasteiger partial charge in [-0.1, -0.05) is 29.8 Å². The number of nitrogens with zero attached hydrogens (tertiary/aromatic N) is 2. The first-order valence-corrected chi connectivity index (χ1v) is 8.14. The van der Waals surface area contributed by atoms with Gasteiger partial charge in [-0.3, -0.25) is 0 Å². The van der Waals surface area contributed by atoms with Crippen LogP contribution in [0.15, 0.2) is 45.1 Å². The third-order valence-corrected chi connectivity index (χ3v) is 4.19. The summed E-state index contributed by atoms with van der Waals surface area (Å²) in [5.41, 5.74) is 2.33. The third-order valence-electron chi connectivity index (χ3n) is 2.68. The van der Waals surface area contributed by atoms with Crippen LogP contribution < -0.4 is 5.32 Å². The number of halogens is 1. The van der Waals surface area contributed by atoms with E-state index in [2.05, 4.69) is 63.3 Å². The number of hydrogen-bond donors (Lipinski definition) is 1. The summed E-state index contributed by atoms with van der Waals surface area (Å²) < 4.78 is 1.09. The number of rotatable bonds is 5. The second-order valence-electron chi connectivity index (χ2n) is 4.93. The Bertz CT molecular complexity index is 570. The van der Waals surface area contributed by atoms with Gasteiger partial charge in [0.05, 0.1) is 0 Å². The first-order chi connectivity index (χ1) is 9.54. The molecule has 0 saturated carbocycles. The van der Waals surface area contributed by atoms with Crippen molar-refractivity contribution < 1.29 is 0 Å². The van der Waals surface area contributed by atoms with E-state index in [1.165, 1.54) is 10.5 Å². The Morgan fingerprint density at radius 1 is 1.25 bits per heavy atom. The van der Waals surface area contributed by atoms with E-state index in [0.29, 0.717) is 6.04 Å². The van der Waals surface area contributed by atoms with Gasteiger partial charge < -0.3 is 5.32 Å². The maximum absolute atomic E-state index is 4.35. The van der Waals surface area contributed by atoms with Gasteiger partial charge in [0.15, 0.2) is 5.16 Å². The van der Waals surface area contributed by atoms with Gasteiger partial charge in [0.2, 0.25) is 0 Å². The Morgan fingerprint density at radius 3 is 2.60 bits per heavy atom. The number of benzene rings is 1. The molecule has 0 bridgehead atoms. The highest BCUT2D eigenvalue weighted by Crippen LogP contribution is 2.30. The van der Waals surface area contributed by atoms with E-state index in [0.717, 1.165) is 21.7 Å². The van der Waals surface area contributed by atoms with Gasteiger partial charge in [-0.2, -0.15) is 0 Å². The van der Waals surface area contributed by atoms with Crippen LogP contribution >= 0.6 is 27.7 Å². The van der Waals surface area contributed by atoms with Crippen molar-refractivity contribution in [3.8, 4) is 0 Å². The van der Waals surface area contributed by atoms with Crippen LogP contribution in [0.5, 0.6) is 0 Å². The Balaban J connectivity index is 2.19. The molecule has 0 aliphatic rings. The maximum Gasteiger partial charge on any atom is 0.192 e. The molecule has 20 heavy (non-hydrogen) atoms. The van der Waals surface area contributed by atoms with Crippen molar-refractivity contribution in [2.24, 2.45) is 0 Å². The van der Waals surface area contributed by atoms with Crippen LogP contribution in [0.25, 0.3) is 0 Å². The van der Waals surface area contributed by atoms with E-state index in [1.54, 1.807) is 11.8 Å². The average Bonchev–Trinajstić information content (AvgIpc) is 2.41. The zero-order valence-corrected chi connectivity index (χ0v) is 14.3. The highest BCUT2D eigenvalue weighted by atomic mass is 79.9. The molecule has 0 spiro atoms. The lowest BCUT2D eigenvalue weighted by Crippen LogP contribution is -2.22. The molecule has 1 N–H and O–H groups in total. The number of hydrogen-bond acceptors (Lipinski definition) is 4. The summed E-state index contributed by atoms with van der Waals surface area (Å²) in [6.45, 7) is 7.12. The molecule has 1 heterocycles. The molecule has 1 aromatic carbocycles. The quantitative estimate of drug-likeness (QED) is 0.819. The lowest BCUT2D eigenvalue weighted by atomic mass is 10.2. The highest BCUT2D eigenvalue weighted by molar-refractivity contribution is 9.10. The van der Waals surface area contributed by atoms with Crippen molar-refractivity contribution >= 4 is 27.7 Å². The van der Waals surface area contributed by atoms with Crippen LogP contribution in [0.4, 0.5) is 0 Å². The summed E-state index contributed by atoms with van der Waals surface area (Å²) in [5, 5.41) is 4.23. The lowest BCUT2D eigenvalue weighted by Gasteiger charge is -2.12. The molecular weight excluding hydrogens is 334 g/mol. The molecule has 3 nitrogen and oxygen atoms in total. The van der Waals surface area contributed by atoms with E-state index < -0.39 is 0 Å². The minimum atomic E-state index is 0.461. The first-order valence-electron chi connectivity index (χ1n) is 6.53. The van der Waals surface area contributed by atoms with Crippen molar-refractivity contribution in [2.45, 2.75) is 43.4 Å². The second-order valence-corrected chi connectivity index (χ2v) is 6.86. The molecule has 0 amide bonds. The molecule has 0 atom stereocenters. The summed E-state index contributed by atoms with van der Waals surface area (Å²) in [6.07, 6.45) is 3.69. The minimum absolute atomic E-state index is 0.461. The smallest absolute Gasteiger partial charge is 0.192 e. The zero-order chi connectivity index (χ0) is 14.5. The number of aromatic nitrogens is 2. The molecule has 0 aliphatic carbocycles. The largest absolute Gasteiger partial charge is 0.310 e. The van der Waals surface area contributed by atoms with Crippen LogP contribution in [0.2, 0.25) is 0 Å². The first kappa shape index (κ1) is 15.5. The summed E-state index contributed by atoms with van der Waals surface area (Å²) in [4.78, 5) is 9.89. The van der Waals surface area contributed by atoms with Crippen molar-refractivity contribution in [2.75, 3.05) is 0 Å². The van der Waals surface area contributed by atoms with Gasteiger partial charge in [0.1, 0.15) is 0 Å². The molecule has 0 aliphatic heterocycles. The fraction of sp³-hybridized carbons (Fsp3) is 0.333. The Morgan fingerprint density at radius 2 is 1.95 bits per heavy atom. The van der Waals surface area contributed by atoms with Crippen molar-refractivity contribution in [3.05, 3.63) is 46.2 Å². The van der Waals surface area contributed by atoms with Gasteiger partial charge in [-0.05, 0) is 48.0 Å². The summed E-state index contributed by atoms with van der Waals surface area (Å²) in [6, 6.07) is 6.76. The van der Waals surface area contributed by atoms with Gasteiger partial charge in [0, 0.05) is 34.3 Å². The summed E-state index contributed by atoms with van der Waals surface area (Å²) >= 11 is 5.13. The molecule has 5 heteroatoms. The topological polar surface area (TPSA) is 37.8 Å². The van der Waals surface area contributed by atoms with Crippen molar-refractivity contribution in [3.63, 3.8) is 0 Å². The number of nitrogens with one attached hydrogen (secondary N) is 1. The van der Waals surface area contributed by atoms with Crippen LogP contribution in [-0.2, 0) is 6.54 Å². The third kappa shape index (κ3) is 4.58. The van der Waals surface area contributed by atoms with Crippen LogP contribution in [0, 0.1) is 6.92 Å². The Kier molecular flexibility index (Phi) is 5.57. The van der Waals surface area contributed by atoms with Crippen LogP contribution in [-0.4, -0.2) is 16.0 Å². The maximum atomic E-state index is 4.35. The molecule has 0 unspecified atom stereocenters. The van der Waals surface area contributed by atoms with E-state index in [1.807, 2.05) is 19.3 Å². The van der Waals surface area contributed by atoms with E-state index >= 15 is 0 Å². The lowest BCUT2D eigenvalue weighted by molar-refractivity contribution is 0.584. The molecule has 106 valence electrons. The molecule has 0 fully saturated rings. The molecule has 0 saturated heterocycles. The van der Waals surface area contributed by atoms with Crippen LogP contribution in [0.1, 0.15) is 25.0 Å². The van der Waals surface area contributed by atoms with Gasteiger partial charge in [-0.15, -0.1) is 0 Å². The second kappa shape index (κ2) is 7.20. The summed E-state index contributed by atoms with van der Waals surface area (Å²) in [7, 11) is 0. The highest BCUT2D eigenvalue weighted by Gasteiger charge is 2.08. The zero-order valence-electron chi connectivity index (χ0n) is 11.9. The Labute approximate surface area is 132 Å². The molecule has 0 radical (unpaired) electrons. The predicted molar refractivity (Wildman–Crippen MR) is 87.0 cm³/mol. The molecule has 2 aromatic rings. The predicted octanol–water partition coefficient (Wildman–Crippen LogP) is 4.20. The van der Waals surface area contributed by atoms with Crippen molar-refractivity contribution in [1.29, 1.82) is 0 Å².